The zero-order valence-corrected chi connectivity index (χ0v) is 30.2. The maximum atomic E-state index is 13.1. The SMILES string of the molecule is O=C(C/C=C/c1ccccc1)CC(=O)C/C=C/c1cccc(-c2ccccc2Cc2ccc(C(=O)CC(=O)c3ccc(Cc4ccccc4)cc3)cc2)c1. The van der Waals surface area contributed by atoms with Crippen molar-refractivity contribution >= 4 is 35.3 Å². The van der Waals surface area contributed by atoms with Crippen molar-refractivity contribution in [2.24, 2.45) is 0 Å². The smallest absolute Gasteiger partial charge is 0.170 e. The Hall–Kier alpha value is -6.52. The summed E-state index contributed by atoms with van der Waals surface area (Å²) in [6, 6.07) is 51.3. The van der Waals surface area contributed by atoms with Gasteiger partial charge in [-0.25, -0.2) is 0 Å². The number of ketones is 4. The zero-order chi connectivity index (χ0) is 37.5. The molecule has 0 fully saturated rings. The van der Waals surface area contributed by atoms with Crippen molar-refractivity contribution < 1.29 is 19.2 Å². The molecule has 266 valence electrons. The van der Waals surface area contributed by atoms with Crippen molar-refractivity contribution in [3.05, 3.63) is 214 Å². The second kappa shape index (κ2) is 18.8. The van der Waals surface area contributed by atoms with Crippen LogP contribution in [-0.4, -0.2) is 23.1 Å². The molecule has 6 aromatic carbocycles. The van der Waals surface area contributed by atoms with Crippen LogP contribution in [0.3, 0.4) is 0 Å². The van der Waals surface area contributed by atoms with E-state index in [1.807, 2.05) is 115 Å². The van der Waals surface area contributed by atoms with Crippen LogP contribution in [0.5, 0.6) is 0 Å². The first kappa shape index (κ1) is 37.2. The summed E-state index contributed by atoms with van der Waals surface area (Å²) in [4.78, 5) is 50.8. The maximum Gasteiger partial charge on any atom is 0.170 e. The van der Waals surface area contributed by atoms with Gasteiger partial charge in [0.2, 0.25) is 0 Å². The van der Waals surface area contributed by atoms with Gasteiger partial charge in [-0.3, -0.25) is 19.2 Å². The lowest BCUT2D eigenvalue weighted by atomic mass is 9.93. The van der Waals surface area contributed by atoms with E-state index >= 15 is 0 Å². The van der Waals surface area contributed by atoms with E-state index in [1.165, 1.54) is 5.56 Å². The van der Waals surface area contributed by atoms with Gasteiger partial charge in [-0.15, -0.1) is 0 Å². The molecule has 4 heteroatoms. The lowest BCUT2D eigenvalue weighted by Crippen LogP contribution is -2.09. The van der Waals surface area contributed by atoms with Crippen LogP contribution >= 0.6 is 0 Å². The number of allylic oxidation sites excluding steroid dienone is 2. The molecule has 0 radical (unpaired) electrons. The Morgan fingerprint density at radius 1 is 0.426 bits per heavy atom. The standard InChI is InChI=1S/C50H42O4/c51-46(21-10-16-37-12-3-1-4-13-37)35-47(52)22-11-18-39-17-9-20-45(33-39)48-23-8-7-19-44(48)34-41-26-30-43(31-27-41)50(54)36-49(53)42-28-24-40(25-29-42)32-38-14-5-2-6-15-38/h1-20,23-31,33H,21-22,32,34-36H2/b16-10+,18-11+. The number of carbonyl (C=O) groups excluding carboxylic acids is 4. The average Bonchev–Trinajstić information content (AvgIpc) is 3.19. The van der Waals surface area contributed by atoms with Crippen LogP contribution < -0.4 is 0 Å². The Balaban J connectivity index is 1.01. The highest BCUT2D eigenvalue weighted by molar-refractivity contribution is 6.13. The van der Waals surface area contributed by atoms with Crippen LogP contribution in [0, 0.1) is 0 Å². The minimum Gasteiger partial charge on any atom is -0.299 e. The third kappa shape index (κ3) is 11.0. The Morgan fingerprint density at radius 2 is 0.926 bits per heavy atom. The van der Waals surface area contributed by atoms with E-state index in [9.17, 15) is 19.2 Å². The largest absolute Gasteiger partial charge is 0.299 e. The van der Waals surface area contributed by atoms with Crippen molar-refractivity contribution in [1.29, 1.82) is 0 Å². The first-order valence-electron chi connectivity index (χ1n) is 18.3. The lowest BCUT2D eigenvalue weighted by Gasteiger charge is -2.11. The Morgan fingerprint density at radius 3 is 1.56 bits per heavy atom. The van der Waals surface area contributed by atoms with Crippen LogP contribution in [-0.2, 0) is 22.4 Å². The van der Waals surface area contributed by atoms with Crippen molar-refractivity contribution in [1.82, 2.24) is 0 Å². The van der Waals surface area contributed by atoms with Gasteiger partial charge < -0.3 is 0 Å². The highest BCUT2D eigenvalue weighted by atomic mass is 16.2. The molecule has 0 aromatic heterocycles. The van der Waals surface area contributed by atoms with E-state index in [0.29, 0.717) is 17.5 Å². The summed E-state index contributed by atoms with van der Waals surface area (Å²) in [6.45, 7) is 0. The Labute approximate surface area is 317 Å². The van der Waals surface area contributed by atoms with Crippen molar-refractivity contribution in [2.45, 2.75) is 38.5 Å². The predicted molar refractivity (Wildman–Crippen MR) is 218 cm³/mol. The molecule has 0 N–H and O–H groups in total. The summed E-state index contributed by atoms with van der Waals surface area (Å²) in [5, 5.41) is 0. The van der Waals surface area contributed by atoms with E-state index in [2.05, 4.69) is 36.4 Å². The molecule has 0 aliphatic heterocycles. The number of hydrogen-bond acceptors (Lipinski definition) is 4. The number of benzene rings is 6. The second-order valence-corrected chi connectivity index (χ2v) is 13.4. The fourth-order valence-corrected chi connectivity index (χ4v) is 6.37. The zero-order valence-electron chi connectivity index (χ0n) is 30.2. The highest BCUT2D eigenvalue weighted by Gasteiger charge is 2.15. The van der Waals surface area contributed by atoms with Crippen LogP contribution in [0.2, 0.25) is 0 Å². The number of carbonyl (C=O) groups is 4. The van der Waals surface area contributed by atoms with Crippen molar-refractivity contribution in [3.8, 4) is 11.1 Å². The van der Waals surface area contributed by atoms with E-state index in [0.717, 1.165) is 45.4 Å². The number of Topliss-reactive ketones (excluding diaryl/α,β-unsaturated/α-hetero) is 4. The van der Waals surface area contributed by atoms with Gasteiger partial charge in [0.05, 0.1) is 12.8 Å². The molecule has 0 saturated carbocycles. The molecule has 0 atom stereocenters. The molecular formula is C50H42O4. The van der Waals surface area contributed by atoms with E-state index < -0.39 is 0 Å². The summed E-state index contributed by atoms with van der Waals surface area (Å²) in [5.74, 6) is -0.581. The minimum atomic E-state index is -0.200. The normalized spacial score (nSPS) is 11.2. The number of rotatable bonds is 17. The lowest BCUT2D eigenvalue weighted by molar-refractivity contribution is -0.126. The van der Waals surface area contributed by atoms with Crippen molar-refractivity contribution in [3.63, 3.8) is 0 Å². The first-order valence-corrected chi connectivity index (χ1v) is 18.3. The van der Waals surface area contributed by atoms with Gasteiger partial charge >= 0.3 is 0 Å². The highest BCUT2D eigenvalue weighted by Crippen LogP contribution is 2.27. The van der Waals surface area contributed by atoms with Gasteiger partial charge in [-0.1, -0.05) is 176 Å². The van der Waals surface area contributed by atoms with E-state index in [4.69, 9.17) is 0 Å². The maximum absolute atomic E-state index is 13.1. The summed E-state index contributed by atoms with van der Waals surface area (Å²) in [6.07, 6.45) is 9.08. The van der Waals surface area contributed by atoms with Crippen LogP contribution in [0.1, 0.15) is 79.8 Å². The third-order valence-corrected chi connectivity index (χ3v) is 9.24. The molecule has 0 unspecified atom stereocenters. The van der Waals surface area contributed by atoms with E-state index in [-0.39, 0.29) is 48.8 Å². The first-order chi connectivity index (χ1) is 26.4. The van der Waals surface area contributed by atoms with Gasteiger partial charge in [0.25, 0.3) is 0 Å². The topological polar surface area (TPSA) is 68.3 Å². The van der Waals surface area contributed by atoms with Gasteiger partial charge in [0, 0.05) is 24.0 Å². The molecule has 0 saturated heterocycles. The third-order valence-electron chi connectivity index (χ3n) is 9.24. The summed E-state index contributed by atoms with van der Waals surface area (Å²) in [5.41, 5.74) is 9.71. The fourth-order valence-electron chi connectivity index (χ4n) is 6.37. The second-order valence-electron chi connectivity index (χ2n) is 13.4. The molecule has 0 heterocycles. The molecule has 0 aliphatic rings. The molecular weight excluding hydrogens is 665 g/mol. The van der Waals surface area contributed by atoms with E-state index in [1.54, 1.807) is 30.3 Å². The van der Waals surface area contributed by atoms with Crippen LogP contribution in [0.25, 0.3) is 23.3 Å². The molecule has 6 aromatic rings. The van der Waals surface area contributed by atoms with Crippen LogP contribution in [0.4, 0.5) is 0 Å². The van der Waals surface area contributed by atoms with Gasteiger partial charge in [0.15, 0.2) is 11.6 Å². The van der Waals surface area contributed by atoms with Gasteiger partial charge in [-0.2, -0.15) is 0 Å². The van der Waals surface area contributed by atoms with Gasteiger partial charge in [0.1, 0.15) is 11.6 Å². The summed E-state index contributed by atoms with van der Waals surface area (Å²) in [7, 11) is 0. The average molecular weight is 707 g/mol. The summed E-state index contributed by atoms with van der Waals surface area (Å²) < 4.78 is 0. The number of hydrogen-bond donors (Lipinski definition) is 0. The quantitative estimate of drug-likeness (QED) is 0.0699. The molecule has 6 rings (SSSR count). The molecule has 0 aliphatic carbocycles. The Bertz CT molecular complexity index is 2260. The molecule has 0 bridgehead atoms. The molecule has 54 heavy (non-hydrogen) atoms. The van der Waals surface area contributed by atoms with Crippen LogP contribution in [0.15, 0.2) is 170 Å². The summed E-state index contributed by atoms with van der Waals surface area (Å²) >= 11 is 0. The fraction of sp³-hybridized carbons (Fsp3) is 0.120. The van der Waals surface area contributed by atoms with Gasteiger partial charge in [-0.05, 0) is 63.4 Å². The minimum absolute atomic E-state index is 0.0750. The molecule has 4 nitrogen and oxygen atoms in total. The molecule has 0 amide bonds. The molecule has 0 spiro atoms. The Kier molecular flexibility index (Phi) is 13.0. The monoisotopic (exact) mass is 706 g/mol. The predicted octanol–water partition coefficient (Wildman–Crippen LogP) is 11.0. The van der Waals surface area contributed by atoms with Crippen molar-refractivity contribution in [2.75, 3.05) is 0 Å².